The zero-order valence-electron chi connectivity index (χ0n) is 14.1. The average Bonchev–Trinajstić information content (AvgIpc) is 3.09. The zero-order valence-corrected chi connectivity index (χ0v) is 14.1. The van der Waals surface area contributed by atoms with Crippen molar-refractivity contribution in [3.05, 3.63) is 41.8 Å². The molecule has 1 saturated heterocycles. The van der Waals surface area contributed by atoms with Crippen LogP contribution in [0.5, 0.6) is 5.75 Å². The Hall–Kier alpha value is -1.99. The third-order valence-electron chi connectivity index (χ3n) is 4.88. The molecule has 1 saturated carbocycles. The Morgan fingerprint density at radius 1 is 1.20 bits per heavy atom. The summed E-state index contributed by atoms with van der Waals surface area (Å²) in [7, 11) is 0. The predicted octanol–water partition coefficient (Wildman–Crippen LogP) is 2.93. The summed E-state index contributed by atoms with van der Waals surface area (Å²) in [5, 5.41) is 3.98. The smallest absolute Gasteiger partial charge is 0.240 e. The van der Waals surface area contributed by atoms with Gasteiger partial charge in [-0.15, -0.1) is 0 Å². The van der Waals surface area contributed by atoms with Crippen molar-refractivity contribution in [2.75, 3.05) is 13.2 Å². The van der Waals surface area contributed by atoms with Gasteiger partial charge in [-0.05, 0) is 37.1 Å². The number of rotatable bonds is 5. The molecule has 0 radical (unpaired) electrons. The van der Waals surface area contributed by atoms with Gasteiger partial charge in [0.15, 0.2) is 6.61 Å². The third-order valence-corrected chi connectivity index (χ3v) is 4.88. The monoisotopic (exact) mass is 347 g/mol. The van der Waals surface area contributed by atoms with E-state index in [1.807, 2.05) is 0 Å². The van der Waals surface area contributed by atoms with E-state index in [-0.39, 0.29) is 12.4 Å². The molecule has 2 heterocycles. The van der Waals surface area contributed by atoms with Crippen molar-refractivity contribution in [3.63, 3.8) is 0 Å². The van der Waals surface area contributed by atoms with Crippen LogP contribution in [0.15, 0.2) is 28.8 Å². The molecule has 0 spiro atoms. The summed E-state index contributed by atoms with van der Waals surface area (Å²) >= 11 is 0. The number of aromatic nitrogens is 2. The number of halogens is 1. The van der Waals surface area contributed by atoms with Crippen LogP contribution < -0.4 is 4.74 Å². The quantitative estimate of drug-likeness (QED) is 0.829. The molecule has 1 aliphatic carbocycles. The van der Waals surface area contributed by atoms with Crippen LogP contribution in [0.25, 0.3) is 0 Å². The van der Waals surface area contributed by atoms with Crippen molar-refractivity contribution in [1.82, 2.24) is 15.0 Å². The lowest BCUT2D eigenvalue weighted by atomic mass is 9.90. The van der Waals surface area contributed by atoms with Gasteiger partial charge >= 0.3 is 0 Å². The fourth-order valence-corrected chi connectivity index (χ4v) is 3.64. The minimum Gasteiger partial charge on any atom is -0.485 e. The fourth-order valence-electron chi connectivity index (χ4n) is 3.64. The van der Waals surface area contributed by atoms with Crippen LogP contribution in [-0.2, 0) is 17.9 Å². The first-order chi connectivity index (χ1) is 12.3. The van der Waals surface area contributed by atoms with Gasteiger partial charge in [-0.1, -0.05) is 18.0 Å². The van der Waals surface area contributed by atoms with Crippen molar-refractivity contribution in [2.24, 2.45) is 0 Å². The van der Waals surface area contributed by atoms with Gasteiger partial charge in [0, 0.05) is 12.6 Å². The lowest BCUT2D eigenvalue weighted by Crippen LogP contribution is -2.52. The van der Waals surface area contributed by atoms with Crippen molar-refractivity contribution < 1.29 is 18.4 Å². The summed E-state index contributed by atoms with van der Waals surface area (Å²) in [5.41, 5.74) is 0. The first-order valence-electron chi connectivity index (χ1n) is 8.83. The molecule has 2 fully saturated rings. The topological polar surface area (TPSA) is 60.6 Å². The van der Waals surface area contributed by atoms with Crippen LogP contribution in [0.4, 0.5) is 4.39 Å². The number of nitrogens with zero attached hydrogens (tertiary/aromatic N) is 3. The molecule has 1 aliphatic heterocycles. The molecule has 7 heteroatoms. The second-order valence-corrected chi connectivity index (χ2v) is 6.58. The van der Waals surface area contributed by atoms with E-state index >= 15 is 0 Å². The first-order valence-corrected chi connectivity index (χ1v) is 8.83. The molecule has 1 aromatic carbocycles. The van der Waals surface area contributed by atoms with Crippen molar-refractivity contribution in [2.45, 2.75) is 51.0 Å². The van der Waals surface area contributed by atoms with E-state index < -0.39 is 0 Å². The van der Waals surface area contributed by atoms with Crippen LogP contribution in [0.3, 0.4) is 0 Å². The Bertz CT molecular complexity index is 689. The van der Waals surface area contributed by atoms with Gasteiger partial charge in [-0.2, -0.15) is 4.98 Å². The van der Waals surface area contributed by atoms with E-state index in [4.69, 9.17) is 14.0 Å². The molecule has 0 amide bonds. The molecule has 0 N–H and O–H groups in total. The number of hydrogen-bond acceptors (Lipinski definition) is 6. The molecule has 2 aliphatic rings. The maximum Gasteiger partial charge on any atom is 0.240 e. The van der Waals surface area contributed by atoms with Crippen LogP contribution in [0, 0.1) is 5.82 Å². The molecule has 25 heavy (non-hydrogen) atoms. The molecule has 2 aromatic rings. The minimum absolute atomic E-state index is 0.199. The summed E-state index contributed by atoms with van der Waals surface area (Å²) < 4.78 is 29.7. The van der Waals surface area contributed by atoms with E-state index in [9.17, 15) is 4.39 Å². The van der Waals surface area contributed by atoms with Gasteiger partial charge in [0.05, 0.1) is 19.3 Å². The van der Waals surface area contributed by atoms with Crippen molar-refractivity contribution in [3.8, 4) is 5.75 Å². The maximum atomic E-state index is 12.9. The largest absolute Gasteiger partial charge is 0.485 e. The van der Waals surface area contributed by atoms with Crippen molar-refractivity contribution in [1.29, 1.82) is 0 Å². The first kappa shape index (κ1) is 16.5. The number of morpholine rings is 1. The number of hydrogen-bond donors (Lipinski definition) is 0. The van der Waals surface area contributed by atoms with Crippen LogP contribution in [-0.4, -0.2) is 40.3 Å². The Morgan fingerprint density at radius 2 is 2.04 bits per heavy atom. The Morgan fingerprint density at radius 3 is 2.92 bits per heavy atom. The Balaban J connectivity index is 1.33. The lowest BCUT2D eigenvalue weighted by Gasteiger charge is -2.43. The van der Waals surface area contributed by atoms with E-state index in [0.717, 1.165) is 19.6 Å². The van der Waals surface area contributed by atoms with Gasteiger partial charge in [0.25, 0.3) is 0 Å². The highest BCUT2D eigenvalue weighted by Gasteiger charge is 2.34. The summed E-state index contributed by atoms with van der Waals surface area (Å²) in [4.78, 5) is 6.81. The SMILES string of the molecule is Fc1ccc(OCc2noc(CN3CCOC4CCCCC43)n2)cc1. The van der Waals surface area contributed by atoms with Crippen LogP contribution >= 0.6 is 0 Å². The van der Waals surface area contributed by atoms with E-state index in [0.29, 0.717) is 36.2 Å². The second kappa shape index (κ2) is 7.49. The third kappa shape index (κ3) is 3.99. The van der Waals surface area contributed by atoms with Gasteiger partial charge in [-0.3, -0.25) is 4.90 Å². The van der Waals surface area contributed by atoms with E-state index in [1.54, 1.807) is 12.1 Å². The fraction of sp³-hybridized carbons (Fsp3) is 0.556. The highest BCUT2D eigenvalue weighted by molar-refractivity contribution is 5.22. The number of benzene rings is 1. The second-order valence-electron chi connectivity index (χ2n) is 6.58. The molecule has 0 bridgehead atoms. The van der Waals surface area contributed by atoms with E-state index in [2.05, 4.69) is 15.0 Å². The van der Waals surface area contributed by atoms with Crippen molar-refractivity contribution >= 4 is 0 Å². The molecular weight excluding hydrogens is 325 g/mol. The highest BCUT2D eigenvalue weighted by atomic mass is 19.1. The Labute approximate surface area is 145 Å². The minimum atomic E-state index is -0.291. The standard InChI is InChI=1S/C18H22FN3O3/c19-13-5-7-14(8-6-13)24-12-17-20-18(25-21-17)11-22-9-10-23-16-4-2-1-3-15(16)22/h5-8,15-16H,1-4,9-12H2. The highest BCUT2D eigenvalue weighted by Crippen LogP contribution is 2.29. The molecule has 6 nitrogen and oxygen atoms in total. The lowest BCUT2D eigenvalue weighted by molar-refractivity contribution is -0.0933. The van der Waals surface area contributed by atoms with Crippen LogP contribution in [0.1, 0.15) is 37.4 Å². The zero-order chi connectivity index (χ0) is 17.1. The van der Waals surface area contributed by atoms with Gasteiger partial charge < -0.3 is 14.0 Å². The summed E-state index contributed by atoms with van der Waals surface area (Å²) in [6, 6.07) is 6.32. The molecular formula is C18H22FN3O3. The summed E-state index contributed by atoms with van der Waals surface area (Å²) in [5.74, 6) is 1.38. The van der Waals surface area contributed by atoms with Gasteiger partial charge in [0.2, 0.25) is 11.7 Å². The number of ether oxygens (including phenoxy) is 2. The van der Waals surface area contributed by atoms with Gasteiger partial charge in [-0.25, -0.2) is 4.39 Å². The predicted molar refractivity (Wildman–Crippen MR) is 87.4 cm³/mol. The molecule has 2 unspecified atom stereocenters. The van der Waals surface area contributed by atoms with Gasteiger partial charge in [0.1, 0.15) is 11.6 Å². The Kier molecular flexibility index (Phi) is 4.94. The molecule has 134 valence electrons. The summed E-state index contributed by atoms with van der Waals surface area (Å²) in [6.07, 6.45) is 5.15. The summed E-state index contributed by atoms with van der Waals surface area (Å²) in [6.45, 7) is 2.50. The molecule has 4 rings (SSSR count). The van der Waals surface area contributed by atoms with Crippen LogP contribution in [0.2, 0.25) is 0 Å². The number of fused-ring (bicyclic) bond motifs is 1. The van der Waals surface area contributed by atoms with E-state index in [1.165, 1.54) is 31.4 Å². The normalized spacial score (nSPS) is 24.0. The molecule has 1 aromatic heterocycles. The maximum absolute atomic E-state index is 12.9. The molecule has 2 atom stereocenters. The average molecular weight is 347 g/mol.